The fourth-order valence-electron chi connectivity index (χ4n) is 1.26. The van der Waals surface area contributed by atoms with Crippen LogP contribution in [-0.2, 0) is 14.4 Å². The molecule has 17 heavy (non-hydrogen) atoms. The summed E-state index contributed by atoms with van der Waals surface area (Å²) in [5, 5.41) is 35.1. The molecule has 0 radical (unpaired) electrons. The molecule has 0 aromatic rings. The van der Waals surface area contributed by atoms with Crippen LogP contribution in [0.15, 0.2) is 0 Å². The third-order valence-corrected chi connectivity index (χ3v) is 2.09. The standard InChI is InChI=1S/C9H14O7.Na.H/c10-6(11)1-3-9(16,5-8(14)15)4-2-7(12)13;;/h16H,1-5H2,(H,10,11)(H,12,13)(H,14,15);;. The van der Waals surface area contributed by atoms with Gasteiger partial charge in [0, 0.05) is 12.8 Å². The predicted octanol–water partition coefficient (Wildman–Crippen LogP) is -0.727. The summed E-state index contributed by atoms with van der Waals surface area (Å²) in [4.78, 5) is 31.0. The molecule has 0 saturated carbocycles. The molecule has 0 spiro atoms. The molecule has 4 N–H and O–H groups in total. The Morgan fingerprint density at radius 1 is 0.824 bits per heavy atom. The van der Waals surface area contributed by atoms with Crippen molar-refractivity contribution in [2.75, 3.05) is 0 Å². The minimum absolute atomic E-state index is 0. The molecule has 0 rings (SSSR count). The van der Waals surface area contributed by atoms with Gasteiger partial charge in [-0.05, 0) is 12.8 Å². The maximum absolute atomic E-state index is 10.4. The van der Waals surface area contributed by atoms with Gasteiger partial charge in [-0.25, -0.2) is 0 Å². The Labute approximate surface area is 120 Å². The first-order valence-corrected chi connectivity index (χ1v) is 4.63. The molecule has 0 bridgehead atoms. The van der Waals surface area contributed by atoms with Crippen molar-refractivity contribution in [1.29, 1.82) is 0 Å². The Morgan fingerprint density at radius 2 is 1.18 bits per heavy atom. The second-order valence-corrected chi connectivity index (χ2v) is 3.58. The third kappa shape index (κ3) is 10.3. The van der Waals surface area contributed by atoms with Crippen molar-refractivity contribution in [3.63, 3.8) is 0 Å². The van der Waals surface area contributed by atoms with Crippen molar-refractivity contribution in [2.24, 2.45) is 0 Å². The Morgan fingerprint density at radius 3 is 1.41 bits per heavy atom. The number of carboxylic acids is 3. The normalized spacial score (nSPS) is 10.4. The van der Waals surface area contributed by atoms with E-state index in [2.05, 4.69) is 0 Å². The molecule has 0 atom stereocenters. The summed E-state index contributed by atoms with van der Waals surface area (Å²) in [5.74, 6) is -3.63. The van der Waals surface area contributed by atoms with Crippen LogP contribution >= 0.6 is 0 Å². The fraction of sp³-hybridized carbons (Fsp3) is 0.667. The number of aliphatic hydroxyl groups is 1. The number of carbonyl (C=O) groups is 3. The Kier molecular flexibility index (Phi) is 9.32. The topological polar surface area (TPSA) is 132 Å². The van der Waals surface area contributed by atoms with Crippen LogP contribution in [0.3, 0.4) is 0 Å². The van der Waals surface area contributed by atoms with E-state index in [1.54, 1.807) is 0 Å². The van der Waals surface area contributed by atoms with E-state index in [1.807, 2.05) is 0 Å². The van der Waals surface area contributed by atoms with Crippen LogP contribution < -0.4 is 0 Å². The summed E-state index contributed by atoms with van der Waals surface area (Å²) in [5.41, 5.74) is -1.78. The molecule has 0 unspecified atom stereocenters. The van der Waals surface area contributed by atoms with Crippen molar-refractivity contribution in [1.82, 2.24) is 0 Å². The van der Waals surface area contributed by atoms with Gasteiger partial charge >= 0.3 is 47.5 Å². The van der Waals surface area contributed by atoms with E-state index in [1.165, 1.54) is 0 Å². The van der Waals surface area contributed by atoms with Gasteiger partial charge in [-0.15, -0.1) is 0 Å². The number of hydrogen-bond acceptors (Lipinski definition) is 4. The van der Waals surface area contributed by atoms with Crippen LogP contribution in [0.1, 0.15) is 32.1 Å². The average Bonchev–Trinajstić information content (AvgIpc) is 2.11. The van der Waals surface area contributed by atoms with Crippen molar-refractivity contribution in [3.05, 3.63) is 0 Å². The van der Waals surface area contributed by atoms with E-state index >= 15 is 0 Å². The zero-order valence-corrected chi connectivity index (χ0v) is 8.55. The molecule has 0 aliphatic heterocycles. The first-order chi connectivity index (χ1) is 7.25. The van der Waals surface area contributed by atoms with Gasteiger partial charge in [0.25, 0.3) is 0 Å². The van der Waals surface area contributed by atoms with Crippen molar-refractivity contribution >= 4 is 47.5 Å². The number of hydrogen-bond donors (Lipinski definition) is 4. The minimum atomic E-state index is -1.78. The number of rotatable bonds is 8. The van der Waals surface area contributed by atoms with Crippen LogP contribution in [0.2, 0.25) is 0 Å². The summed E-state index contributed by atoms with van der Waals surface area (Å²) in [6, 6.07) is 0. The van der Waals surface area contributed by atoms with Crippen molar-refractivity contribution < 1.29 is 34.8 Å². The van der Waals surface area contributed by atoms with Crippen molar-refractivity contribution in [2.45, 2.75) is 37.7 Å². The molecule has 0 aliphatic rings. The number of carboxylic acid groups (broad SMARTS) is 3. The van der Waals surface area contributed by atoms with E-state index in [0.717, 1.165) is 0 Å². The molecule has 0 aliphatic carbocycles. The molecule has 0 amide bonds. The van der Waals surface area contributed by atoms with E-state index in [9.17, 15) is 19.5 Å². The molecule has 94 valence electrons. The summed E-state index contributed by atoms with van der Waals surface area (Å²) in [6.45, 7) is 0. The second-order valence-electron chi connectivity index (χ2n) is 3.58. The second kappa shape index (κ2) is 8.46. The monoisotopic (exact) mass is 258 g/mol. The van der Waals surface area contributed by atoms with Crippen LogP contribution in [0.4, 0.5) is 0 Å². The van der Waals surface area contributed by atoms with Crippen LogP contribution in [0, 0.1) is 0 Å². The fourth-order valence-corrected chi connectivity index (χ4v) is 1.26. The summed E-state index contributed by atoms with van der Waals surface area (Å²) in [7, 11) is 0. The van der Waals surface area contributed by atoms with Gasteiger partial charge in [0.15, 0.2) is 0 Å². The Bertz CT molecular complexity index is 271. The van der Waals surface area contributed by atoms with E-state index < -0.39 is 42.8 Å². The molecule has 0 saturated heterocycles. The Balaban J connectivity index is 0. The van der Waals surface area contributed by atoms with Crippen molar-refractivity contribution in [3.8, 4) is 0 Å². The van der Waals surface area contributed by atoms with Crippen LogP contribution in [0.5, 0.6) is 0 Å². The SMILES string of the molecule is O=C(O)CCC(O)(CCC(=O)O)CC(=O)O.[NaH]. The molecule has 0 aromatic carbocycles. The van der Waals surface area contributed by atoms with E-state index in [-0.39, 0.29) is 42.4 Å². The molecule has 0 aromatic heterocycles. The zero-order chi connectivity index (χ0) is 12.8. The van der Waals surface area contributed by atoms with E-state index in [0.29, 0.717) is 0 Å². The zero-order valence-electron chi connectivity index (χ0n) is 8.55. The first kappa shape index (κ1) is 18.7. The predicted molar refractivity (Wildman–Crippen MR) is 58.1 cm³/mol. The molecule has 0 fully saturated rings. The van der Waals surface area contributed by atoms with Gasteiger partial charge in [-0.2, -0.15) is 0 Å². The van der Waals surface area contributed by atoms with Crippen LogP contribution in [0.25, 0.3) is 0 Å². The average molecular weight is 258 g/mol. The van der Waals surface area contributed by atoms with E-state index in [4.69, 9.17) is 15.3 Å². The molecular formula is C9H15NaO7. The Hall–Kier alpha value is -0.630. The maximum atomic E-state index is 10.4. The summed E-state index contributed by atoms with van der Waals surface area (Å²) < 4.78 is 0. The van der Waals surface area contributed by atoms with Crippen LogP contribution in [-0.4, -0.2) is 73.5 Å². The van der Waals surface area contributed by atoms with Gasteiger partial charge in [0.2, 0.25) is 0 Å². The molecular weight excluding hydrogens is 243 g/mol. The first-order valence-electron chi connectivity index (χ1n) is 4.63. The van der Waals surface area contributed by atoms with Gasteiger partial charge in [-0.3, -0.25) is 14.4 Å². The summed E-state index contributed by atoms with van der Waals surface area (Å²) >= 11 is 0. The van der Waals surface area contributed by atoms with Gasteiger partial charge < -0.3 is 20.4 Å². The van der Waals surface area contributed by atoms with Gasteiger partial charge in [0.1, 0.15) is 0 Å². The molecule has 8 heteroatoms. The number of aliphatic carboxylic acids is 3. The summed E-state index contributed by atoms with van der Waals surface area (Å²) in [6.07, 6.45) is -2.01. The quantitative estimate of drug-likeness (QED) is 0.422. The molecule has 0 heterocycles. The van der Waals surface area contributed by atoms with Gasteiger partial charge in [-0.1, -0.05) is 0 Å². The van der Waals surface area contributed by atoms with Gasteiger partial charge in [0.05, 0.1) is 12.0 Å². The molecule has 7 nitrogen and oxygen atoms in total. The third-order valence-electron chi connectivity index (χ3n) is 2.09.